The fraction of sp³-hybridized carbons (Fsp3) is 0.945. The standard InChI is InChI=1S/C47H85NO13P2S2.C8H18/c49-36-41(61-63(53)59-26-8-2-4-10-34-65-64-33-9-3-1-7-25-58-62(52)47(51)21-5-6-22-47)37-57-32-31-56-30-29-55-28-27-54-24-12-23-48-46(50)60-40-17-20-43-39(35-40)16-19-44-42-14-11-13-38(42)15-18-45(43)44;1-4-5-6-7-8(2)3/h16,38,40-45,49,51-53H,1-15,17-37H2,(H,48,50);8H,4-7H2,1-3H3/t38?,40-,41?,42?,43?,44?,45?,62?,63?;/m0./s1. The Bertz CT molecular complexity index is 1410. The molecule has 5 aliphatic carbocycles. The molecule has 5 aliphatic rings. The van der Waals surface area contributed by atoms with Crippen LogP contribution < -0.4 is 5.32 Å². The van der Waals surface area contributed by atoms with Gasteiger partial charge in [0.1, 0.15) is 17.6 Å². The summed E-state index contributed by atoms with van der Waals surface area (Å²) in [5, 5.41) is 21.9. The Morgan fingerprint density at radius 1 is 0.712 bits per heavy atom. The van der Waals surface area contributed by atoms with E-state index in [9.17, 15) is 24.8 Å². The Morgan fingerprint density at radius 2 is 1.37 bits per heavy atom. The van der Waals surface area contributed by atoms with Gasteiger partial charge in [0.05, 0.1) is 66.1 Å². The normalized spacial score (nSPS) is 24.5. The summed E-state index contributed by atoms with van der Waals surface area (Å²) in [6, 6.07) is 0. The van der Waals surface area contributed by atoms with Gasteiger partial charge in [0, 0.05) is 31.1 Å². The average molecular weight is 1110 g/mol. The number of fused-ring (bicyclic) bond motifs is 5. The number of ether oxygens (including phenoxy) is 5. The van der Waals surface area contributed by atoms with Gasteiger partial charge in [-0.3, -0.25) is 0 Å². The van der Waals surface area contributed by atoms with Crippen molar-refractivity contribution >= 4 is 44.7 Å². The van der Waals surface area contributed by atoms with Crippen molar-refractivity contribution in [2.24, 2.45) is 35.5 Å². The van der Waals surface area contributed by atoms with E-state index in [4.69, 9.17) is 37.3 Å². The number of rotatable bonds is 41. The molecule has 0 aromatic rings. The van der Waals surface area contributed by atoms with Gasteiger partial charge in [0.2, 0.25) is 8.38 Å². The summed E-state index contributed by atoms with van der Waals surface area (Å²) in [6.07, 6.45) is 31.0. The first kappa shape index (κ1) is 65.6. The van der Waals surface area contributed by atoms with Gasteiger partial charge in [-0.05, 0) is 132 Å². The number of hydrogen-bond donors (Lipinski definition) is 5. The number of unbranched alkanes of at least 4 members (excludes halogenated alkanes) is 8. The Balaban J connectivity index is 0.00000133. The second-order valence-electron chi connectivity index (χ2n) is 21.5. The second-order valence-corrected chi connectivity index (χ2v) is 26.8. The Labute approximate surface area is 453 Å². The molecule has 5 N–H and O–H groups in total. The number of aliphatic hydroxyl groups excluding tert-OH is 1. The SMILES string of the molecule is CCCCCC(C)C.O=C(NCCCOCCOCCOCCOCC(CO)OP(O)OCCCCCCSSCCCCCCOP(O)C1(O)CCCC1)O[C@H]1CCC2C(=CCC3C4CCCC4CCC23)C1. The topological polar surface area (TPSA) is 184 Å². The molecule has 0 spiro atoms. The molecule has 0 saturated heterocycles. The molecule has 5 rings (SSSR count). The van der Waals surface area contributed by atoms with Gasteiger partial charge in [-0.15, -0.1) is 0 Å². The number of hydrogen-bond acceptors (Lipinski definition) is 15. The van der Waals surface area contributed by atoms with Crippen molar-refractivity contribution < 1.29 is 62.0 Å². The van der Waals surface area contributed by atoms with Crippen molar-refractivity contribution in [1.82, 2.24) is 5.32 Å². The van der Waals surface area contributed by atoms with Gasteiger partial charge in [-0.2, -0.15) is 0 Å². The lowest BCUT2D eigenvalue weighted by atomic mass is 9.57. The van der Waals surface area contributed by atoms with E-state index in [0.717, 1.165) is 124 Å². The van der Waals surface area contributed by atoms with Crippen LogP contribution >= 0.6 is 38.6 Å². The van der Waals surface area contributed by atoms with Crippen LogP contribution in [-0.2, 0) is 37.3 Å². The lowest BCUT2D eigenvalue weighted by Crippen LogP contribution is -2.42. The maximum Gasteiger partial charge on any atom is 0.407 e. The second kappa shape index (κ2) is 41.2. The zero-order valence-corrected chi connectivity index (χ0v) is 49.1. The molecule has 8 unspecified atom stereocenters. The summed E-state index contributed by atoms with van der Waals surface area (Å²) in [5.74, 6) is 7.61. The quantitative estimate of drug-likeness (QED) is 0.0169. The minimum atomic E-state index is -2.08. The van der Waals surface area contributed by atoms with E-state index in [1.165, 1.54) is 70.6 Å². The highest BCUT2D eigenvalue weighted by atomic mass is 33.1. The van der Waals surface area contributed by atoms with Crippen LogP contribution in [0.4, 0.5) is 4.79 Å². The molecule has 14 nitrogen and oxygen atoms in total. The predicted octanol–water partition coefficient (Wildman–Crippen LogP) is 13.0. The molecule has 4 fully saturated rings. The summed E-state index contributed by atoms with van der Waals surface area (Å²) in [5.41, 5.74) is 1.56. The third kappa shape index (κ3) is 28.2. The van der Waals surface area contributed by atoms with Crippen LogP contribution in [0.5, 0.6) is 0 Å². The molecular weight excluding hydrogens is 1010 g/mol. The van der Waals surface area contributed by atoms with Gasteiger partial charge < -0.3 is 62.6 Å². The number of allylic oxidation sites excluding steroid dienone is 1. The molecule has 0 radical (unpaired) electrons. The fourth-order valence-electron chi connectivity index (χ4n) is 11.4. The largest absolute Gasteiger partial charge is 0.446 e. The first-order valence-electron chi connectivity index (χ1n) is 29.1. The van der Waals surface area contributed by atoms with Crippen LogP contribution in [0, 0.1) is 35.5 Å². The van der Waals surface area contributed by atoms with Crippen molar-refractivity contribution in [2.75, 3.05) is 90.7 Å². The van der Waals surface area contributed by atoms with Crippen molar-refractivity contribution in [3.63, 3.8) is 0 Å². The molecule has 1 amide bonds. The van der Waals surface area contributed by atoms with Crippen molar-refractivity contribution in [3.8, 4) is 0 Å². The summed E-state index contributed by atoms with van der Waals surface area (Å²) in [4.78, 5) is 32.8. The molecule has 0 aliphatic heterocycles. The molecule has 73 heavy (non-hydrogen) atoms. The number of carbonyl (C=O) groups is 1. The number of amides is 1. The van der Waals surface area contributed by atoms with Crippen LogP contribution in [0.25, 0.3) is 0 Å². The smallest absolute Gasteiger partial charge is 0.407 e. The molecular formula is C55H103NO13P2S2. The first-order valence-corrected chi connectivity index (χ1v) is 33.9. The fourth-order valence-corrected chi connectivity index (χ4v) is 15.6. The van der Waals surface area contributed by atoms with Crippen molar-refractivity contribution in [3.05, 3.63) is 11.6 Å². The summed E-state index contributed by atoms with van der Waals surface area (Å²) >= 11 is 0. The summed E-state index contributed by atoms with van der Waals surface area (Å²) < 4.78 is 44.5. The van der Waals surface area contributed by atoms with Gasteiger partial charge >= 0.3 is 14.7 Å². The van der Waals surface area contributed by atoms with Gasteiger partial charge in [0.25, 0.3) is 0 Å². The Morgan fingerprint density at radius 3 is 2.04 bits per heavy atom. The number of nitrogens with one attached hydrogen (secondary N) is 1. The molecule has 0 aromatic heterocycles. The van der Waals surface area contributed by atoms with E-state index in [1.807, 2.05) is 21.6 Å². The number of aliphatic hydroxyl groups is 2. The van der Waals surface area contributed by atoms with Gasteiger partial charge in [0.15, 0.2) is 0 Å². The van der Waals surface area contributed by atoms with Crippen LogP contribution in [0.15, 0.2) is 11.6 Å². The third-order valence-corrected chi connectivity index (χ3v) is 20.4. The molecule has 18 heteroatoms. The zero-order chi connectivity index (χ0) is 52.2. The lowest BCUT2D eigenvalue weighted by Gasteiger charge is -2.49. The summed E-state index contributed by atoms with van der Waals surface area (Å²) in [7, 11) is 0.0401. The highest BCUT2D eigenvalue weighted by Gasteiger charge is 2.47. The van der Waals surface area contributed by atoms with E-state index in [1.54, 1.807) is 5.57 Å². The van der Waals surface area contributed by atoms with E-state index in [-0.39, 0.29) is 25.4 Å². The zero-order valence-electron chi connectivity index (χ0n) is 45.7. The van der Waals surface area contributed by atoms with Crippen LogP contribution in [-0.4, -0.2) is 134 Å². The minimum Gasteiger partial charge on any atom is -0.446 e. The predicted molar refractivity (Wildman–Crippen MR) is 300 cm³/mol. The lowest BCUT2D eigenvalue weighted by molar-refractivity contribution is -0.0240. The van der Waals surface area contributed by atoms with Crippen molar-refractivity contribution in [1.29, 1.82) is 0 Å². The van der Waals surface area contributed by atoms with E-state index in [2.05, 4.69) is 32.2 Å². The molecule has 428 valence electrons. The third-order valence-electron chi connectivity index (χ3n) is 15.4. The van der Waals surface area contributed by atoms with Crippen molar-refractivity contribution in [2.45, 2.75) is 205 Å². The highest BCUT2D eigenvalue weighted by molar-refractivity contribution is 8.76. The summed E-state index contributed by atoms with van der Waals surface area (Å²) in [6.45, 7) is 11.1. The molecule has 0 bridgehead atoms. The number of alkyl carbamates (subject to hydrolysis) is 1. The highest BCUT2D eigenvalue weighted by Crippen LogP contribution is 2.57. The van der Waals surface area contributed by atoms with Crippen LogP contribution in [0.2, 0.25) is 0 Å². The van der Waals surface area contributed by atoms with Crippen LogP contribution in [0.3, 0.4) is 0 Å². The molecule has 4 saturated carbocycles. The maximum absolute atomic E-state index is 12.5. The van der Waals surface area contributed by atoms with E-state index in [0.29, 0.717) is 85.3 Å². The molecule has 9 atom stereocenters. The average Bonchev–Trinajstić information content (AvgIpc) is 4.07. The van der Waals surface area contributed by atoms with E-state index < -0.39 is 28.4 Å². The Hall–Kier alpha value is 0.130. The first-order chi connectivity index (χ1) is 35.6. The van der Waals surface area contributed by atoms with Crippen LogP contribution in [0.1, 0.15) is 188 Å². The molecule has 0 aromatic carbocycles. The van der Waals surface area contributed by atoms with Gasteiger partial charge in [-0.25, -0.2) is 4.79 Å². The minimum absolute atomic E-state index is 0.00850. The molecule has 0 heterocycles. The van der Waals surface area contributed by atoms with E-state index >= 15 is 0 Å². The monoisotopic (exact) mass is 1110 g/mol. The number of carbonyl (C=O) groups excluding carboxylic acids is 1. The maximum atomic E-state index is 12.5. The Kier molecular flexibility index (Phi) is 37.0. The van der Waals surface area contributed by atoms with Gasteiger partial charge in [-0.1, -0.05) is 118 Å².